The minimum atomic E-state index is -1.04. The molecule has 2 aromatic heterocycles. The molecular weight excluding hydrogens is 254 g/mol. The molecule has 0 saturated carbocycles. The van der Waals surface area contributed by atoms with Crippen LogP contribution in [0.1, 0.15) is 21.6 Å². The van der Waals surface area contributed by atoms with Gasteiger partial charge in [0.15, 0.2) is 5.69 Å². The molecule has 0 aliphatic rings. The SMILES string of the molecule is O=C(O)c1cn2cc(CCc3ccccc3)cnc2n1. The van der Waals surface area contributed by atoms with E-state index in [1.807, 2.05) is 24.4 Å². The van der Waals surface area contributed by atoms with E-state index in [1.54, 1.807) is 10.6 Å². The van der Waals surface area contributed by atoms with Crippen molar-refractivity contribution in [3.05, 3.63) is 65.7 Å². The Balaban J connectivity index is 1.80. The van der Waals surface area contributed by atoms with Crippen LogP contribution in [0.2, 0.25) is 0 Å². The van der Waals surface area contributed by atoms with Crippen molar-refractivity contribution in [1.29, 1.82) is 0 Å². The van der Waals surface area contributed by atoms with Crippen LogP contribution in [-0.2, 0) is 12.8 Å². The number of nitrogens with zero attached hydrogens (tertiary/aromatic N) is 3. The van der Waals surface area contributed by atoms with Gasteiger partial charge in [0, 0.05) is 18.6 Å². The van der Waals surface area contributed by atoms with E-state index in [2.05, 4.69) is 22.1 Å². The average molecular weight is 267 g/mol. The first-order valence-electron chi connectivity index (χ1n) is 6.33. The number of rotatable bonds is 4. The van der Waals surface area contributed by atoms with Crippen LogP contribution in [0, 0.1) is 0 Å². The van der Waals surface area contributed by atoms with E-state index < -0.39 is 5.97 Å². The summed E-state index contributed by atoms with van der Waals surface area (Å²) in [6.07, 6.45) is 6.89. The van der Waals surface area contributed by atoms with E-state index in [-0.39, 0.29) is 5.69 Å². The van der Waals surface area contributed by atoms with Gasteiger partial charge in [0.25, 0.3) is 0 Å². The van der Waals surface area contributed by atoms with Gasteiger partial charge in [-0.25, -0.2) is 14.8 Å². The number of imidazole rings is 1. The Hall–Kier alpha value is -2.69. The summed E-state index contributed by atoms with van der Waals surface area (Å²) in [5, 5.41) is 8.90. The lowest BCUT2D eigenvalue weighted by Crippen LogP contribution is -1.95. The van der Waals surface area contributed by atoms with Crippen LogP contribution in [0.25, 0.3) is 5.78 Å². The predicted octanol–water partition coefficient (Wildman–Crippen LogP) is 2.21. The van der Waals surface area contributed by atoms with Crippen LogP contribution in [0.4, 0.5) is 0 Å². The van der Waals surface area contributed by atoms with E-state index in [9.17, 15) is 4.79 Å². The van der Waals surface area contributed by atoms with Crippen molar-refractivity contribution >= 4 is 11.7 Å². The Morgan fingerprint density at radius 2 is 1.85 bits per heavy atom. The molecule has 1 N–H and O–H groups in total. The smallest absolute Gasteiger partial charge is 0.356 e. The maximum atomic E-state index is 10.9. The first-order chi connectivity index (χ1) is 9.72. The summed E-state index contributed by atoms with van der Waals surface area (Å²) in [5.41, 5.74) is 2.33. The summed E-state index contributed by atoms with van der Waals surface area (Å²) in [6, 6.07) is 10.2. The molecule has 0 radical (unpaired) electrons. The predicted molar refractivity (Wildman–Crippen MR) is 73.8 cm³/mol. The molecule has 3 aromatic rings. The molecule has 5 heteroatoms. The number of aromatic carboxylic acids is 1. The third kappa shape index (κ3) is 2.51. The number of carboxylic acid groups (broad SMARTS) is 1. The Labute approximate surface area is 115 Å². The molecule has 0 aliphatic heterocycles. The lowest BCUT2D eigenvalue weighted by atomic mass is 10.1. The molecule has 0 bridgehead atoms. The summed E-state index contributed by atoms with van der Waals surface area (Å²) < 4.78 is 1.66. The second-order valence-electron chi connectivity index (χ2n) is 4.59. The quantitative estimate of drug-likeness (QED) is 0.787. The monoisotopic (exact) mass is 267 g/mol. The molecule has 100 valence electrons. The van der Waals surface area contributed by atoms with E-state index in [4.69, 9.17) is 5.11 Å². The number of carbonyl (C=O) groups is 1. The first-order valence-corrected chi connectivity index (χ1v) is 6.33. The molecule has 0 fully saturated rings. The van der Waals surface area contributed by atoms with Gasteiger partial charge in [-0.1, -0.05) is 30.3 Å². The highest BCUT2D eigenvalue weighted by Gasteiger charge is 2.09. The van der Waals surface area contributed by atoms with Crippen molar-refractivity contribution in [1.82, 2.24) is 14.4 Å². The summed E-state index contributed by atoms with van der Waals surface area (Å²) >= 11 is 0. The van der Waals surface area contributed by atoms with Gasteiger partial charge < -0.3 is 5.11 Å². The summed E-state index contributed by atoms with van der Waals surface area (Å²) in [6.45, 7) is 0. The van der Waals surface area contributed by atoms with Crippen molar-refractivity contribution in [3.63, 3.8) is 0 Å². The third-order valence-corrected chi connectivity index (χ3v) is 3.13. The van der Waals surface area contributed by atoms with E-state index >= 15 is 0 Å². The zero-order chi connectivity index (χ0) is 13.9. The van der Waals surface area contributed by atoms with E-state index in [1.165, 1.54) is 11.8 Å². The molecule has 1 aromatic carbocycles. The Kier molecular flexibility index (Phi) is 3.16. The molecule has 3 rings (SSSR count). The Morgan fingerprint density at radius 1 is 1.10 bits per heavy atom. The van der Waals surface area contributed by atoms with Gasteiger partial charge in [-0.2, -0.15) is 0 Å². The highest BCUT2D eigenvalue weighted by atomic mass is 16.4. The maximum Gasteiger partial charge on any atom is 0.356 e. The second-order valence-corrected chi connectivity index (χ2v) is 4.59. The average Bonchev–Trinajstić information content (AvgIpc) is 2.89. The number of hydrogen-bond acceptors (Lipinski definition) is 3. The zero-order valence-corrected chi connectivity index (χ0v) is 10.7. The largest absolute Gasteiger partial charge is 0.476 e. The topological polar surface area (TPSA) is 67.5 Å². The fraction of sp³-hybridized carbons (Fsp3) is 0.133. The standard InChI is InChI=1S/C15H13N3O2/c19-14(20)13-10-18-9-12(8-16-15(18)17-13)7-6-11-4-2-1-3-5-11/h1-5,8-10H,6-7H2,(H,19,20). The number of aryl methyl sites for hydroxylation is 2. The van der Waals surface area contributed by atoms with E-state index in [0.717, 1.165) is 18.4 Å². The van der Waals surface area contributed by atoms with Crippen molar-refractivity contribution in [2.45, 2.75) is 12.8 Å². The Morgan fingerprint density at radius 3 is 2.60 bits per heavy atom. The maximum absolute atomic E-state index is 10.9. The van der Waals surface area contributed by atoms with Crippen molar-refractivity contribution in [3.8, 4) is 0 Å². The number of hydrogen-bond donors (Lipinski definition) is 1. The minimum Gasteiger partial charge on any atom is -0.476 e. The van der Waals surface area contributed by atoms with Crippen molar-refractivity contribution < 1.29 is 9.90 Å². The molecule has 20 heavy (non-hydrogen) atoms. The second kappa shape index (κ2) is 5.13. The van der Waals surface area contributed by atoms with Crippen LogP contribution in [-0.4, -0.2) is 25.4 Å². The van der Waals surface area contributed by atoms with E-state index in [0.29, 0.717) is 5.78 Å². The van der Waals surface area contributed by atoms with Gasteiger partial charge in [-0.15, -0.1) is 0 Å². The van der Waals surface area contributed by atoms with Crippen LogP contribution < -0.4 is 0 Å². The van der Waals surface area contributed by atoms with Gasteiger partial charge in [-0.3, -0.25) is 4.40 Å². The lowest BCUT2D eigenvalue weighted by Gasteiger charge is -2.02. The summed E-state index contributed by atoms with van der Waals surface area (Å²) in [4.78, 5) is 19.0. The van der Waals surface area contributed by atoms with Crippen molar-refractivity contribution in [2.24, 2.45) is 0 Å². The highest BCUT2D eigenvalue weighted by Crippen LogP contribution is 2.09. The van der Waals surface area contributed by atoms with Crippen LogP contribution in [0.3, 0.4) is 0 Å². The zero-order valence-electron chi connectivity index (χ0n) is 10.7. The Bertz CT molecular complexity index is 750. The minimum absolute atomic E-state index is 0.0118. The summed E-state index contributed by atoms with van der Waals surface area (Å²) in [5.74, 6) is -0.632. The van der Waals surface area contributed by atoms with Crippen LogP contribution >= 0.6 is 0 Å². The first kappa shape index (κ1) is 12.3. The fourth-order valence-electron chi connectivity index (χ4n) is 2.09. The molecular formula is C15H13N3O2. The molecule has 0 spiro atoms. The molecule has 0 amide bonds. The van der Waals surface area contributed by atoms with Gasteiger partial charge >= 0.3 is 5.97 Å². The molecule has 0 aliphatic carbocycles. The third-order valence-electron chi connectivity index (χ3n) is 3.13. The fourth-order valence-corrected chi connectivity index (χ4v) is 2.09. The molecule has 5 nitrogen and oxygen atoms in total. The summed E-state index contributed by atoms with van der Waals surface area (Å²) in [7, 11) is 0. The van der Waals surface area contributed by atoms with Gasteiger partial charge in [0.05, 0.1) is 0 Å². The number of fused-ring (bicyclic) bond motifs is 1. The lowest BCUT2D eigenvalue weighted by molar-refractivity contribution is 0.0691. The molecule has 0 unspecified atom stereocenters. The molecule has 0 atom stereocenters. The highest BCUT2D eigenvalue weighted by molar-refractivity contribution is 5.85. The van der Waals surface area contributed by atoms with Crippen molar-refractivity contribution in [2.75, 3.05) is 0 Å². The number of carboxylic acids is 1. The molecule has 0 saturated heterocycles. The molecule has 2 heterocycles. The number of benzene rings is 1. The normalized spacial score (nSPS) is 10.8. The van der Waals surface area contributed by atoms with Gasteiger partial charge in [0.1, 0.15) is 0 Å². The number of aromatic nitrogens is 3. The van der Waals surface area contributed by atoms with Gasteiger partial charge in [0.2, 0.25) is 5.78 Å². The van der Waals surface area contributed by atoms with Crippen LogP contribution in [0.5, 0.6) is 0 Å². The van der Waals surface area contributed by atoms with Gasteiger partial charge in [-0.05, 0) is 24.0 Å². The van der Waals surface area contributed by atoms with Crippen LogP contribution in [0.15, 0.2) is 48.9 Å².